The number of ether oxygens (including phenoxy) is 1. The number of nitrogens with zero attached hydrogens (tertiary/aromatic N) is 2. The molecule has 0 saturated heterocycles. The summed E-state index contributed by atoms with van der Waals surface area (Å²) in [7, 11) is 0. The van der Waals surface area contributed by atoms with Crippen LogP contribution in [0.15, 0.2) is 53.3 Å². The maximum absolute atomic E-state index is 13.0. The molecule has 0 radical (unpaired) electrons. The third kappa shape index (κ3) is 6.23. The zero-order valence-corrected chi connectivity index (χ0v) is 20.9. The van der Waals surface area contributed by atoms with Gasteiger partial charge in [0, 0.05) is 6.42 Å². The topological polar surface area (TPSA) is 98.5 Å². The summed E-state index contributed by atoms with van der Waals surface area (Å²) in [6.45, 7) is 9.30. The number of aromatic carboxylic acids is 1. The first-order valence-electron chi connectivity index (χ1n) is 11.8. The van der Waals surface area contributed by atoms with Crippen LogP contribution in [0.2, 0.25) is 0 Å². The molecule has 2 aromatic carbocycles. The summed E-state index contributed by atoms with van der Waals surface area (Å²) in [6.07, 6.45) is 2.37. The van der Waals surface area contributed by atoms with Crippen molar-refractivity contribution in [1.82, 2.24) is 9.55 Å². The van der Waals surface area contributed by atoms with Crippen LogP contribution in [0, 0.1) is 6.92 Å². The predicted molar refractivity (Wildman–Crippen MR) is 135 cm³/mol. The number of carbonyl (C=O) groups excluding carboxylic acids is 1. The second kappa shape index (κ2) is 10.7. The number of benzene rings is 2. The first kappa shape index (κ1) is 25.9. The van der Waals surface area contributed by atoms with Crippen LogP contribution in [-0.2, 0) is 17.7 Å². The summed E-state index contributed by atoms with van der Waals surface area (Å²) in [5, 5.41) is 9.52. The number of carbonyl (C=O) groups is 2. The molecule has 0 bridgehead atoms. The SMILES string of the molecule is CCCCc1nc(C)c(C(=O)O)c(=O)n1Cc1ccc(-c2ccccc2C(=O)OC(C)(C)C)cc1. The van der Waals surface area contributed by atoms with Gasteiger partial charge in [0.2, 0.25) is 0 Å². The molecule has 1 heterocycles. The molecule has 0 fully saturated rings. The Morgan fingerprint density at radius 3 is 2.31 bits per heavy atom. The van der Waals surface area contributed by atoms with Crippen molar-refractivity contribution in [3.63, 3.8) is 0 Å². The van der Waals surface area contributed by atoms with Crippen molar-refractivity contribution >= 4 is 11.9 Å². The maximum atomic E-state index is 13.0. The second-order valence-corrected chi connectivity index (χ2v) is 9.53. The molecule has 0 aliphatic rings. The van der Waals surface area contributed by atoms with Gasteiger partial charge in [-0.1, -0.05) is 55.8 Å². The van der Waals surface area contributed by atoms with Crippen LogP contribution < -0.4 is 5.56 Å². The number of carboxylic acids is 1. The number of aromatic nitrogens is 2. The van der Waals surface area contributed by atoms with Crippen molar-refractivity contribution < 1.29 is 19.4 Å². The van der Waals surface area contributed by atoms with Crippen molar-refractivity contribution in [2.24, 2.45) is 0 Å². The highest BCUT2D eigenvalue weighted by molar-refractivity contribution is 5.97. The standard InChI is InChI=1S/C28H32N2O5/c1-6-7-12-23-29-18(2)24(26(32)33)25(31)30(23)17-19-13-15-20(16-14-19)21-10-8-9-11-22(21)27(34)35-28(3,4)5/h8-11,13-16H,6-7,12,17H2,1-5H3,(H,32,33). The van der Waals surface area contributed by atoms with Crippen LogP contribution in [0.5, 0.6) is 0 Å². The molecule has 0 spiro atoms. The van der Waals surface area contributed by atoms with Crippen LogP contribution >= 0.6 is 0 Å². The second-order valence-electron chi connectivity index (χ2n) is 9.53. The summed E-state index contributed by atoms with van der Waals surface area (Å²) in [5.41, 5.74) is 1.67. The smallest absolute Gasteiger partial charge is 0.343 e. The van der Waals surface area contributed by atoms with Gasteiger partial charge >= 0.3 is 11.9 Å². The third-order valence-electron chi connectivity index (χ3n) is 5.55. The van der Waals surface area contributed by atoms with E-state index in [1.54, 1.807) is 19.1 Å². The van der Waals surface area contributed by atoms with Gasteiger partial charge in [-0.3, -0.25) is 9.36 Å². The number of carboxylic acid groups (broad SMARTS) is 1. The molecule has 0 aliphatic carbocycles. The van der Waals surface area contributed by atoms with Crippen LogP contribution in [-0.4, -0.2) is 32.2 Å². The lowest BCUT2D eigenvalue weighted by molar-refractivity contribution is 0.00702. The summed E-state index contributed by atoms with van der Waals surface area (Å²) in [6, 6.07) is 14.8. The van der Waals surface area contributed by atoms with Crippen molar-refractivity contribution in [3.8, 4) is 11.1 Å². The number of hydrogen-bond donors (Lipinski definition) is 1. The normalized spacial score (nSPS) is 11.3. The van der Waals surface area contributed by atoms with Gasteiger partial charge < -0.3 is 9.84 Å². The van der Waals surface area contributed by atoms with Crippen molar-refractivity contribution in [2.75, 3.05) is 0 Å². The summed E-state index contributed by atoms with van der Waals surface area (Å²) >= 11 is 0. The van der Waals surface area contributed by atoms with Gasteiger partial charge in [0.1, 0.15) is 17.0 Å². The molecule has 7 nitrogen and oxygen atoms in total. The highest BCUT2D eigenvalue weighted by atomic mass is 16.6. The number of hydrogen-bond acceptors (Lipinski definition) is 5. The Kier molecular flexibility index (Phi) is 7.89. The minimum absolute atomic E-state index is 0.208. The van der Waals surface area contributed by atoms with Crippen LogP contribution in [0.1, 0.15) is 78.3 Å². The Hall–Kier alpha value is -3.74. The Morgan fingerprint density at radius 1 is 1.06 bits per heavy atom. The van der Waals surface area contributed by atoms with Crippen molar-refractivity contribution in [3.05, 3.63) is 87.1 Å². The summed E-state index contributed by atoms with van der Waals surface area (Å²) in [5.74, 6) is -1.08. The van der Waals surface area contributed by atoms with E-state index in [-0.39, 0.29) is 17.8 Å². The Bertz CT molecular complexity index is 1280. The van der Waals surface area contributed by atoms with Gasteiger partial charge in [0.15, 0.2) is 0 Å². The van der Waals surface area contributed by atoms with Crippen LogP contribution in [0.4, 0.5) is 0 Å². The maximum Gasteiger partial charge on any atom is 0.343 e. The van der Waals surface area contributed by atoms with Crippen molar-refractivity contribution in [1.29, 1.82) is 0 Å². The summed E-state index contributed by atoms with van der Waals surface area (Å²) in [4.78, 5) is 41.9. The lowest BCUT2D eigenvalue weighted by Gasteiger charge is -2.20. The fourth-order valence-electron chi connectivity index (χ4n) is 3.87. The number of aryl methyl sites for hydroxylation is 2. The zero-order valence-electron chi connectivity index (χ0n) is 20.9. The predicted octanol–water partition coefficient (Wildman–Crippen LogP) is 5.26. The van der Waals surface area contributed by atoms with Gasteiger partial charge in [0.05, 0.1) is 17.8 Å². The Labute approximate surface area is 205 Å². The highest BCUT2D eigenvalue weighted by Gasteiger charge is 2.21. The Balaban J connectivity index is 1.96. The van der Waals surface area contributed by atoms with E-state index in [1.165, 1.54) is 4.57 Å². The van der Waals surface area contributed by atoms with E-state index in [0.717, 1.165) is 29.5 Å². The lowest BCUT2D eigenvalue weighted by atomic mass is 9.98. The highest BCUT2D eigenvalue weighted by Crippen LogP contribution is 2.26. The van der Waals surface area contributed by atoms with Gasteiger partial charge in [-0.05, 0) is 56.9 Å². The van der Waals surface area contributed by atoms with Gasteiger partial charge in [-0.2, -0.15) is 0 Å². The molecule has 3 rings (SSSR count). The molecule has 0 unspecified atom stereocenters. The monoisotopic (exact) mass is 476 g/mol. The van der Waals surface area contributed by atoms with Crippen LogP contribution in [0.25, 0.3) is 11.1 Å². The number of rotatable bonds is 8. The van der Waals surface area contributed by atoms with Gasteiger partial charge in [0.25, 0.3) is 5.56 Å². The first-order chi connectivity index (χ1) is 16.5. The molecule has 1 N–H and O–H groups in total. The molecule has 0 amide bonds. The molecule has 184 valence electrons. The quantitative estimate of drug-likeness (QED) is 0.445. The first-order valence-corrected chi connectivity index (χ1v) is 11.8. The lowest BCUT2D eigenvalue weighted by Crippen LogP contribution is -2.32. The minimum atomic E-state index is -1.27. The van der Waals surface area contributed by atoms with Gasteiger partial charge in [-0.15, -0.1) is 0 Å². The van der Waals surface area contributed by atoms with E-state index in [1.807, 2.05) is 57.2 Å². The molecule has 0 saturated carbocycles. The average Bonchev–Trinajstić information content (AvgIpc) is 2.79. The van der Waals surface area contributed by atoms with E-state index in [4.69, 9.17) is 4.74 Å². The minimum Gasteiger partial charge on any atom is -0.477 e. The largest absolute Gasteiger partial charge is 0.477 e. The molecule has 1 aromatic heterocycles. The third-order valence-corrected chi connectivity index (χ3v) is 5.55. The van der Waals surface area contributed by atoms with E-state index in [2.05, 4.69) is 11.9 Å². The molecular formula is C28H32N2O5. The summed E-state index contributed by atoms with van der Waals surface area (Å²) < 4.78 is 7.01. The number of unbranched alkanes of at least 4 members (excludes halogenated alkanes) is 1. The molecule has 35 heavy (non-hydrogen) atoms. The van der Waals surface area contributed by atoms with Crippen LogP contribution in [0.3, 0.4) is 0 Å². The van der Waals surface area contributed by atoms with Gasteiger partial charge in [-0.25, -0.2) is 14.6 Å². The van der Waals surface area contributed by atoms with E-state index in [0.29, 0.717) is 17.8 Å². The van der Waals surface area contributed by atoms with E-state index >= 15 is 0 Å². The molecule has 3 aromatic rings. The average molecular weight is 477 g/mol. The van der Waals surface area contributed by atoms with Crippen molar-refractivity contribution in [2.45, 2.75) is 66.0 Å². The van der Waals surface area contributed by atoms with E-state index in [9.17, 15) is 19.5 Å². The molecule has 0 aliphatic heterocycles. The molecular weight excluding hydrogens is 444 g/mol. The molecule has 7 heteroatoms. The molecule has 0 atom stereocenters. The Morgan fingerprint density at radius 2 is 1.71 bits per heavy atom. The zero-order chi connectivity index (χ0) is 25.8. The number of esters is 1. The fraction of sp³-hybridized carbons (Fsp3) is 0.357. The van der Waals surface area contributed by atoms with E-state index < -0.39 is 23.1 Å². The fourth-order valence-corrected chi connectivity index (χ4v) is 3.87.